The summed E-state index contributed by atoms with van der Waals surface area (Å²) in [5.74, 6) is -1.50. The van der Waals surface area contributed by atoms with Crippen molar-refractivity contribution in [2.24, 2.45) is 5.92 Å². The van der Waals surface area contributed by atoms with Gasteiger partial charge in [-0.3, -0.25) is 29.5 Å². The van der Waals surface area contributed by atoms with E-state index in [-0.39, 0.29) is 17.2 Å². The lowest BCUT2D eigenvalue weighted by atomic mass is 10.0. The number of hydrogen-bond acceptors (Lipinski definition) is 6. The lowest BCUT2D eigenvalue weighted by Gasteiger charge is -2.24. The van der Waals surface area contributed by atoms with Gasteiger partial charge in [-0.15, -0.1) is 0 Å². The van der Waals surface area contributed by atoms with Crippen molar-refractivity contribution in [1.82, 2.24) is 15.6 Å². The zero-order valence-electron chi connectivity index (χ0n) is 24.9. The van der Waals surface area contributed by atoms with Gasteiger partial charge < -0.3 is 16.0 Å². The summed E-state index contributed by atoms with van der Waals surface area (Å²) >= 11 is 6.12. The van der Waals surface area contributed by atoms with Crippen LogP contribution in [-0.2, 0) is 20.8 Å². The number of nitrogens with zero attached hydrogens (tertiary/aromatic N) is 2. The van der Waals surface area contributed by atoms with E-state index in [2.05, 4.69) is 20.9 Å². The fourth-order valence-electron chi connectivity index (χ4n) is 4.83. The average Bonchev–Trinajstić information content (AvgIpc) is 3.01. The molecule has 0 radical (unpaired) electrons. The maximum atomic E-state index is 13.7. The van der Waals surface area contributed by atoms with Crippen LogP contribution in [0.5, 0.6) is 0 Å². The van der Waals surface area contributed by atoms with Crippen molar-refractivity contribution in [3.8, 4) is 0 Å². The molecule has 10 nitrogen and oxygen atoms in total. The Morgan fingerprint density at radius 2 is 1.67 bits per heavy atom. The fourth-order valence-corrected chi connectivity index (χ4v) is 5.00. The van der Waals surface area contributed by atoms with Gasteiger partial charge in [0, 0.05) is 28.7 Å². The van der Waals surface area contributed by atoms with E-state index in [0.717, 1.165) is 11.6 Å². The molecule has 232 valence electrons. The summed E-state index contributed by atoms with van der Waals surface area (Å²) in [6, 6.07) is 20.6. The van der Waals surface area contributed by atoms with Gasteiger partial charge in [-0.05, 0) is 67.2 Å². The molecule has 0 aliphatic heterocycles. The Morgan fingerprint density at radius 3 is 2.40 bits per heavy atom. The number of aromatic nitrogens is 1. The maximum absolute atomic E-state index is 13.7. The molecular formula is C34H34ClN5O5. The minimum Gasteiger partial charge on any atom is -0.342 e. The summed E-state index contributed by atoms with van der Waals surface area (Å²) in [5, 5.41) is 21.0. The molecule has 0 spiro atoms. The minimum absolute atomic E-state index is 0.0341. The number of anilines is 1. The zero-order chi connectivity index (χ0) is 32.3. The van der Waals surface area contributed by atoms with Crippen LogP contribution in [0.3, 0.4) is 0 Å². The molecule has 0 unspecified atom stereocenters. The van der Waals surface area contributed by atoms with E-state index in [9.17, 15) is 24.5 Å². The van der Waals surface area contributed by atoms with Gasteiger partial charge in [-0.1, -0.05) is 67.9 Å². The second kappa shape index (κ2) is 15.6. The summed E-state index contributed by atoms with van der Waals surface area (Å²) in [6.07, 6.45) is 5.18. The number of aryl methyl sites for hydroxylation is 1. The molecule has 0 saturated heterocycles. The second-order valence-corrected chi connectivity index (χ2v) is 11.4. The molecule has 3 N–H and O–H groups in total. The van der Waals surface area contributed by atoms with Gasteiger partial charge in [-0.25, -0.2) is 0 Å². The van der Waals surface area contributed by atoms with Gasteiger partial charge in [-0.2, -0.15) is 0 Å². The van der Waals surface area contributed by atoms with Crippen molar-refractivity contribution < 1.29 is 19.3 Å². The zero-order valence-corrected chi connectivity index (χ0v) is 25.7. The molecule has 3 amide bonds. The van der Waals surface area contributed by atoms with Crippen LogP contribution >= 0.6 is 11.6 Å². The molecule has 11 heteroatoms. The normalized spacial score (nSPS) is 12.5. The summed E-state index contributed by atoms with van der Waals surface area (Å²) in [7, 11) is 0. The fraction of sp³-hybridized carbons (Fsp3) is 0.235. The van der Waals surface area contributed by atoms with Crippen LogP contribution in [0.1, 0.15) is 37.8 Å². The third-order valence-electron chi connectivity index (χ3n) is 7.05. The molecule has 1 aromatic heterocycles. The molecule has 0 aliphatic carbocycles. The van der Waals surface area contributed by atoms with Crippen LogP contribution in [0.2, 0.25) is 5.02 Å². The molecule has 2 atom stereocenters. The molecule has 0 fully saturated rings. The standard InChI is InChI=1S/C34H34ClN5O5/c1-22(2)20-30(37-32(41)17-13-24-10-6-7-11-31(24)40(44)45)34(43)39-28(16-12-23-8-4-3-5-9-23)33(42)38-27-18-19-36-29-21-25(35)14-15-26(27)29/h3-11,13-15,17-19,21-22,28,30H,12,16,20H2,1-2H3,(H,37,41)(H,39,43)(H,36,38,42)/b17-13+/t28-,30-/m1/s1. The van der Waals surface area contributed by atoms with E-state index >= 15 is 0 Å². The Balaban J connectivity index is 1.53. The van der Waals surface area contributed by atoms with Crippen molar-refractivity contribution in [3.05, 3.63) is 117 Å². The van der Waals surface area contributed by atoms with E-state index in [1.165, 1.54) is 24.3 Å². The number of benzene rings is 3. The number of pyridine rings is 1. The van der Waals surface area contributed by atoms with Gasteiger partial charge in [0.2, 0.25) is 17.7 Å². The summed E-state index contributed by atoms with van der Waals surface area (Å²) in [6.45, 7) is 3.83. The molecule has 4 aromatic rings. The Bertz CT molecular complexity index is 1710. The van der Waals surface area contributed by atoms with Gasteiger partial charge in [0.05, 0.1) is 21.7 Å². The van der Waals surface area contributed by atoms with Gasteiger partial charge in [0.1, 0.15) is 12.1 Å². The minimum atomic E-state index is -0.955. The first-order valence-electron chi connectivity index (χ1n) is 14.5. The molecule has 1 heterocycles. The lowest BCUT2D eigenvalue weighted by molar-refractivity contribution is -0.385. The number of halogens is 1. The molecule has 3 aromatic carbocycles. The predicted molar refractivity (Wildman–Crippen MR) is 176 cm³/mol. The molecule has 4 rings (SSSR count). The second-order valence-electron chi connectivity index (χ2n) is 10.9. The van der Waals surface area contributed by atoms with Crippen LogP contribution in [0, 0.1) is 16.0 Å². The van der Waals surface area contributed by atoms with Crippen LogP contribution in [0.25, 0.3) is 17.0 Å². The quantitative estimate of drug-likeness (QED) is 0.0929. The average molecular weight is 628 g/mol. The maximum Gasteiger partial charge on any atom is 0.276 e. The largest absolute Gasteiger partial charge is 0.342 e. The van der Waals surface area contributed by atoms with Crippen LogP contribution in [0.15, 0.2) is 91.1 Å². The van der Waals surface area contributed by atoms with Gasteiger partial charge in [0.15, 0.2) is 0 Å². The number of carbonyl (C=O) groups excluding carboxylic acids is 3. The first-order chi connectivity index (χ1) is 21.6. The van der Waals surface area contributed by atoms with Gasteiger partial charge >= 0.3 is 0 Å². The first-order valence-corrected chi connectivity index (χ1v) is 14.9. The Labute approximate surface area is 266 Å². The highest BCUT2D eigenvalue weighted by molar-refractivity contribution is 6.31. The Hall–Kier alpha value is -5.09. The van der Waals surface area contributed by atoms with Crippen molar-refractivity contribution in [1.29, 1.82) is 0 Å². The van der Waals surface area contributed by atoms with Gasteiger partial charge in [0.25, 0.3) is 5.69 Å². The van der Waals surface area contributed by atoms with E-state index < -0.39 is 34.7 Å². The number of fused-ring (bicyclic) bond motifs is 1. The van der Waals surface area contributed by atoms with Crippen LogP contribution in [-0.4, -0.2) is 39.7 Å². The third kappa shape index (κ3) is 9.45. The highest BCUT2D eigenvalue weighted by Gasteiger charge is 2.27. The molecule has 45 heavy (non-hydrogen) atoms. The van der Waals surface area contributed by atoms with Crippen molar-refractivity contribution >= 4 is 57.7 Å². The topological polar surface area (TPSA) is 143 Å². The SMILES string of the molecule is CC(C)C[C@@H](NC(=O)/C=C/c1ccccc1[N+](=O)[O-])C(=O)N[C@H](CCc1ccccc1)C(=O)Nc1ccnc2cc(Cl)ccc12. The third-order valence-corrected chi connectivity index (χ3v) is 7.28. The lowest BCUT2D eigenvalue weighted by Crippen LogP contribution is -2.53. The Kier molecular flexibility index (Phi) is 11.4. The van der Waals surface area contributed by atoms with E-state index in [4.69, 9.17) is 11.6 Å². The van der Waals surface area contributed by atoms with E-state index in [0.29, 0.717) is 40.9 Å². The highest BCUT2D eigenvalue weighted by Crippen LogP contribution is 2.25. The number of para-hydroxylation sites is 1. The molecule has 0 aliphatic rings. The van der Waals surface area contributed by atoms with Crippen molar-refractivity contribution in [2.45, 2.75) is 45.2 Å². The number of nitro groups is 1. The number of carbonyl (C=O) groups is 3. The smallest absolute Gasteiger partial charge is 0.276 e. The summed E-state index contributed by atoms with van der Waals surface area (Å²) in [5.41, 5.74) is 2.24. The number of hydrogen-bond donors (Lipinski definition) is 3. The van der Waals surface area contributed by atoms with Crippen LogP contribution in [0.4, 0.5) is 11.4 Å². The highest BCUT2D eigenvalue weighted by atomic mass is 35.5. The van der Waals surface area contributed by atoms with Crippen molar-refractivity contribution in [2.75, 3.05) is 5.32 Å². The number of nitro benzene ring substituents is 1. The number of amides is 3. The monoisotopic (exact) mass is 627 g/mol. The summed E-state index contributed by atoms with van der Waals surface area (Å²) < 4.78 is 0. The molecule has 0 saturated carbocycles. The van der Waals surface area contributed by atoms with E-state index in [1.807, 2.05) is 44.2 Å². The predicted octanol–water partition coefficient (Wildman–Crippen LogP) is 6.10. The Morgan fingerprint density at radius 1 is 0.933 bits per heavy atom. The summed E-state index contributed by atoms with van der Waals surface area (Å²) in [4.78, 5) is 55.3. The van der Waals surface area contributed by atoms with E-state index in [1.54, 1.807) is 36.5 Å². The number of nitrogens with one attached hydrogen (secondary N) is 3. The van der Waals surface area contributed by atoms with Crippen molar-refractivity contribution in [3.63, 3.8) is 0 Å². The number of rotatable bonds is 13. The first kappa shape index (κ1) is 32.8. The van der Waals surface area contributed by atoms with Crippen LogP contribution < -0.4 is 16.0 Å². The molecular weight excluding hydrogens is 594 g/mol. The molecule has 0 bridgehead atoms.